The van der Waals surface area contributed by atoms with E-state index in [4.69, 9.17) is 11.6 Å². The molecule has 9 heteroatoms. The van der Waals surface area contributed by atoms with Crippen molar-refractivity contribution in [2.24, 2.45) is 0 Å². The average Bonchev–Trinajstić information content (AvgIpc) is 3.32. The van der Waals surface area contributed by atoms with Crippen molar-refractivity contribution >= 4 is 40.0 Å². The van der Waals surface area contributed by atoms with Crippen molar-refractivity contribution in [2.75, 3.05) is 6.54 Å². The van der Waals surface area contributed by atoms with Crippen LogP contribution in [-0.2, 0) is 6.42 Å². The second kappa shape index (κ2) is 7.34. The van der Waals surface area contributed by atoms with Crippen molar-refractivity contribution in [1.82, 2.24) is 25.3 Å². The molecule has 0 fully saturated rings. The van der Waals surface area contributed by atoms with Gasteiger partial charge >= 0.3 is 0 Å². The van der Waals surface area contributed by atoms with Crippen molar-refractivity contribution in [3.05, 3.63) is 67.9 Å². The molecule has 0 atom stereocenters. The number of aromatic nitrogens is 4. The van der Waals surface area contributed by atoms with Gasteiger partial charge in [-0.1, -0.05) is 17.7 Å². The highest BCUT2D eigenvalue weighted by molar-refractivity contribution is 7.08. The number of pyridine rings is 2. The average molecular weight is 400 g/mol. The zero-order valence-corrected chi connectivity index (χ0v) is 15.5. The lowest BCUT2D eigenvalue weighted by atomic mass is 10.2. The van der Waals surface area contributed by atoms with Crippen LogP contribution in [0.15, 0.2) is 46.0 Å². The van der Waals surface area contributed by atoms with E-state index >= 15 is 0 Å². The predicted molar refractivity (Wildman–Crippen MR) is 105 cm³/mol. The zero-order chi connectivity index (χ0) is 18.8. The summed E-state index contributed by atoms with van der Waals surface area (Å²) in [5, 5.41) is 7.05. The molecule has 1 amide bonds. The number of nitrogens with one attached hydrogen (secondary N) is 3. The van der Waals surface area contributed by atoms with Crippen molar-refractivity contribution in [3.8, 4) is 11.4 Å². The van der Waals surface area contributed by atoms with Gasteiger partial charge in [-0.25, -0.2) is 9.97 Å². The SMILES string of the molecule is O=C(NCCc1ccc(Cl)[nH]c1=O)c1ccnc2nc(-c3ccsc3)[nH]c12. The second-order valence-electron chi connectivity index (χ2n) is 5.82. The van der Waals surface area contributed by atoms with Gasteiger partial charge < -0.3 is 15.3 Å². The second-order valence-corrected chi connectivity index (χ2v) is 7.01. The van der Waals surface area contributed by atoms with Crippen LogP contribution in [0, 0.1) is 0 Å². The minimum atomic E-state index is -0.256. The standard InChI is InChI=1S/C18H14ClN5O2S/c19-13-2-1-10(17(25)22-13)3-6-21-18(26)12-4-7-20-16-14(12)23-15(24-16)11-5-8-27-9-11/h1-2,4-5,7-9H,3,6H2,(H,21,26)(H,22,25)(H,20,23,24). The summed E-state index contributed by atoms with van der Waals surface area (Å²) < 4.78 is 0. The third kappa shape index (κ3) is 3.62. The topological polar surface area (TPSA) is 104 Å². The number of hydrogen-bond acceptors (Lipinski definition) is 5. The molecule has 136 valence electrons. The van der Waals surface area contributed by atoms with Gasteiger partial charge in [-0.2, -0.15) is 11.3 Å². The minimum Gasteiger partial charge on any atom is -0.352 e. The van der Waals surface area contributed by atoms with Crippen molar-refractivity contribution in [1.29, 1.82) is 0 Å². The Morgan fingerprint density at radius 1 is 1.22 bits per heavy atom. The monoisotopic (exact) mass is 399 g/mol. The van der Waals surface area contributed by atoms with Gasteiger partial charge in [0.15, 0.2) is 5.65 Å². The molecular weight excluding hydrogens is 386 g/mol. The van der Waals surface area contributed by atoms with Gasteiger partial charge in [0.1, 0.15) is 11.0 Å². The van der Waals surface area contributed by atoms with Crippen LogP contribution in [0.1, 0.15) is 15.9 Å². The van der Waals surface area contributed by atoms with E-state index in [0.717, 1.165) is 5.56 Å². The summed E-state index contributed by atoms with van der Waals surface area (Å²) in [6.45, 7) is 0.318. The molecule has 0 saturated carbocycles. The smallest absolute Gasteiger partial charge is 0.253 e. The number of thiophene rings is 1. The number of H-pyrrole nitrogens is 2. The van der Waals surface area contributed by atoms with Gasteiger partial charge in [-0.15, -0.1) is 0 Å². The highest BCUT2D eigenvalue weighted by Gasteiger charge is 2.15. The Hall–Kier alpha value is -2.97. The fraction of sp³-hybridized carbons (Fsp3) is 0.111. The molecule has 4 rings (SSSR count). The lowest BCUT2D eigenvalue weighted by Gasteiger charge is -2.06. The van der Waals surface area contributed by atoms with Crippen LogP contribution in [0.2, 0.25) is 5.15 Å². The highest BCUT2D eigenvalue weighted by atomic mass is 35.5. The van der Waals surface area contributed by atoms with Crippen molar-refractivity contribution in [2.45, 2.75) is 6.42 Å². The molecule has 0 bridgehead atoms. The summed E-state index contributed by atoms with van der Waals surface area (Å²) in [5.74, 6) is 0.417. The summed E-state index contributed by atoms with van der Waals surface area (Å²) in [5.41, 5.74) is 2.78. The highest BCUT2D eigenvalue weighted by Crippen LogP contribution is 2.23. The molecule has 0 radical (unpaired) electrons. The molecule has 4 aromatic heterocycles. The first-order chi connectivity index (χ1) is 13.1. The maximum absolute atomic E-state index is 12.6. The molecule has 7 nitrogen and oxygen atoms in total. The molecule has 0 saturated heterocycles. The van der Waals surface area contributed by atoms with E-state index in [1.807, 2.05) is 16.8 Å². The Balaban J connectivity index is 1.51. The molecule has 0 aliphatic carbocycles. The Labute approximate surface area is 162 Å². The largest absolute Gasteiger partial charge is 0.352 e. The Kier molecular flexibility index (Phi) is 4.74. The van der Waals surface area contributed by atoms with Gasteiger partial charge in [-0.3, -0.25) is 9.59 Å². The molecule has 4 aromatic rings. The molecule has 27 heavy (non-hydrogen) atoms. The number of imidazole rings is 1. The number of carbonyl (C=O) groups excluding carboxylic acids is 1. The van der Waals surface area contributed by atoms with Crippen LogP contribution >= 0.6 is 22.9 Å². The Morgan fingerprint density at radius 2 is 2.11 bits per heavy atom. The first-order valence-corrected chi connectivity index (χ1v) is 9.47. The zero-order valence-electron chi connectivity index (χ0n) is 14.0. The first-order valence-electron chi connectivity index (χ1n) is 8.15. The van der Waals surface area contributed by atoms with E-state index in [-0.39, 0.29) is 16.6 Å². The molecular formula is C18H14ClN5O2S. The number of rotatable bonds is 5. The maximum atomic E-state index is 12.6. The third-order valence-corrected chi connectivity index (χ3v) is 4.97. The molecule has 0 aliphatic heterocycles. The van der Waals surface area contributed by atoms with E-state index in [2.05, 4.69) is 25.3 Å². The van der Waals surface area contributed by atoms with Crippen molar-refractivity contribution < 1.29 is 4.79 Å². The summed E-state index contributed by atoms with van der Waals surface area (Å²) in [6.07, 6.45) is 1.95. The number of amides is 1. The number of aromatic amines is 2. The molecule has 0 aliphatic rings. The quantitative estimate of drug-likeness (QED) is 0.449. The number of hydrogen-bond donors (Lipinski definition) is 3. The van der Waals surface area contributed by atoms with Gasteiger partial charge in [0.2, 0.25) is 0 Å². The summed E-state index contributed by atoms with van der Waals surface area (Å²) >= 11 is 7.31. The molecule has 4 heterocycles. The molecule has 0 spiro atoms. The number of fused-ring (bicyclic) bond motifs is 1. The fourth-order valence-corrected chi connectivity index (χ4v) is 3.51. The van der Waals surface area contributed by atoms with Crippen LogP contribution < -0.4 is 10.9 Å². The van der Waals surface area contributed by atoms with Crippen LogP contribution in [0.25, 0.3) is 22.6 Å². The summed E-state index contributed by atoms with van der Waals surface area (Å²) in [7, 11) is 0. The van der Waals surface area contributed by atoms with Crippen LogP contribution in [0.4, 0.5) is 0 Å². The van der Waals surface area contributed by atoms with E-state index in [1.54, 1.807) is 35.7 Å². The number of carbonyl (C=O) groups is 1. The normalized spacial score (nSPS) is 11.0. The van der Waals surface area contributed by atoms with Crippen LogP contribution in [0.3, 0.4) is 0 Å². The van der Waals surface area contributed by atoms with E-state index in [0.29, 0.717) is 41.1 Å². The number of halogens is 1. The third-order valence-electron chi connectivity index (χ3n) is 4.07. The molecule has 3 N–H and O–H groups in total. The van der Waals surface area contributed by atoms with Gasteiger partial charge in [0.25, 0.3) is 11.5 Å². The van der Waals surface area contributed by atoms with E-state index in [1.165, 1.54) is 0 Å². The minimum absolute atomic E-state index is 0.253. The van der Waals surface area contributed by atoms with Gasteiger partial charge in [0.05, 0.1) is 11.1 Å². The fourth-order valence-electron chi connectivity index (χ4n) is 2.72. The van der Waals surface area contributed by atoms with Gasteiger partial charge in [-0.05, 0) is 30.0 Å². The maximum Gasteiger partial charge on any atom is 0.253 e. The Morgan fingerprint density at radius 3 is 2.89 bits per heavy atom. The molecule has 0 aromatic carbocycles. The van der Waals surface area contributed by atoms with E-state index < -0.39 is 0 Å². The first kappa shape index (κ1) is 17.4. The van der Waals surface area contributed by atoms with Crippen molar-refractivity contribution in [3.63, 3.8) is 0 Å². The predicted octanol–water partition coefficient (Wildman–Crippen LogP) is 3.00. The van der Waals surface area contributed by atoms with Crippen LogP contribution in [-0.4, -0.2) is 32.4 Å². The lowest BCUT2D eigenvalue weighted by Crippen LogP contribution is -2.27. The van der Waals surface area contributed by atoms with Crippen LogP contribution in [0.5, 0.6) is 0 Å². The van der Waals surface area contributed by atoms with E-state index in [9.17, 15) is 9.59 Å². The summed E-state index contributed by atoms with van der Waals surface area (Å²) in [4.78, 5) is 38.8. The molecule has 0 unspecified atom stereocenters. The lowest BCUT2D eigenvalue weighted by molar-refractivity contribution is 0.0955. The van der Waals surface area contributed by atoms with Gasteiger partial charge in [0, 0.05) is 29.2 Å². The Bertz CT molecular complexity index is 1170. The summed E-state index contributed by atoms with van der Waals surface area (Å²) in [6, 6.07) is 6.86. The number of nitrogens with zero attached hydrogens (tertiary/aromatic N) is 2.